The molecule has 3 aromatic rings. The summed E-state index contributed by atoms with van der Waals surface area (Å²) >= 11 is 0. The van der Waals surface area contributed by atoms with Gasteiger partial charge in [-0.15, -0.1) is 0 Å². The number of anilines is 1. The van der Waals surface area contributed by atoms with Crippen molar-refractivity contribution in [2.45, 2.75) is 6.92 Å². The highest BCUT2D eigenvalue weighted by atomic mass is 16.5. The maximum Gasteiger partial charge on any atom is 0.260 e. The molecule has 0 aliphatic carbocycles. The first kappa shape index (κ1) is 15.4. The lowest BCUT2D eigenvalue weighted by Gasteiger charge is -2.09. The zero-order valence-corrected chi connectivity index (χ0v) is 13.2. The first-order valence-corrected chi connectivity index (χ1v) is 7.27. The molecule has 24 heavy (non-hydrogen) atoms. The Hall–Kier alpha value is -3.46. The maximum atomic E-state index is 12.7. The molecule has 1 aromatic carbocycles. The summed E-state index contributed by atoms with van der Waals surface area (Å²) in [5.74, 6) is 0.819. The number of hydrogen-bond donors (Lipinski definition) is 1. The van der Waals surface area contributed by atoms with Crippen molar-refractivity contribution in [3.63, 3.8) is 0 Å². The molecule has 0 fully saturated rings. The molecule has 0 aliphatic heterocycles. The molecule has 1 N–H and O–H groups in total. The van der Waals surface area contributed by atoms with E-state index in [9.17, 15) is 10.1 Å². The monoisotopic (exact) mass is 321 g/mol. The molecule has 0 spiro atoms. The Labute approximate surface area is 138 Å². The van der Waals surface area contributed by atoms with Gasteiger partial charge in [0.1, 0.15) is 28.7 Å². The van der Waals surface area contributed by atoms with Gasteiger partial charge in [0.15, 0.2) is 0 Å². The van der Waals surface area contributed by atoms with E-state index < -0.39 is 5.91 Å². The van der Waals surface area contributed by atoms with E-state index >= 15 is 0 Å². The predicted molar refractivity (Wildman–Crippen MR) is 88.4 cm³/mol. The van der Waals surface area contributed by atoms with Gasteiger partial charge < -0.3 is 14.5 Å². The molecule has 2 aromatic heterocycles. The van der Waals surface area contributed by atoms with Crippen LogP contribution in [0.1, 0.15) is 21.7 Å². The molecule has 0 saturated carbocycles. The standard InChI is InChI=1S/C18H15N3O3/c1-12-16(13(11-19)18(24-12)21-9-5-6-10-21)17(22)20-14-7-3-4-8-15(14)23-2/h3-10H,1-2H3,(H,20,22). The average molecular weight is 321 g/mol. The van der Waals surface area contributed by atoms with Gasteiger partial charge in [-0.25, -0.2) is 0 Å². The second kappa shape index (κ2) is 6.34. The van der Waals surface area contributed by atoms with Gasteiger partial charge in [0.25, 0.3) is 5.91 Å². The lowest BCUT2D eigenvalue weighted by molar-refractivity contribution is 0.102. The van der Waals surface area contributed by atoms with Gasteiger partial charge in [0.05, 0.1) is 12.8 Å². The minimum Gasteiger partial charge on any atom is -0.495 e. The molecule has 6 heteroatoms. The SMILES string of the molecule is COc1ccccc1NC(=O)c1c(C)oc(-n2cccc2)c1C#N. The van der Waals surface area contributed by atoms with E-state index in [1.165, 1.54) is 7.11 Å². The van der Waals surface area contributed by atoms with Crippen molar-refractivity contribution in [2.75, 3.05) is 12.4 Å². The number of carbonyl (C=O) groups excluding carboxylic acids is 1. The van der Waals surface area contributed by atoms with Crippen LogP contribution in [0.2, 0.25) is 0 Å². The number of amides is 1. The van der Waals surface area contributed by atoms with Crippen LogP contribution in [0.15, 0.2) is 53.2 Å². The Balaban J connectivity index is 2.00. The molecule has 0 aliphatic rings. The van der Waals surface area contributed by atoms with E-state index in [1.807, 2.05) is 18.2 Å². The topological polar surface area (TPSA) is 80.2 Å². The molecule has 0 atom stereocenters. The maximum absolute atomic E-state index is 12.7. The predicted octanol–water partition coefficient (Wildman–Crippen LogP) is 3.51. The molecule has 1 amide bonds. The Bertz CT molecular complexity index is 918. The third-order valence-electron chi connectivity index (χ3n) is 3.60. The number of aromatic nitrogens is 1. The minimum atomic E-state index is -0.421. The molecule has 0 saturated heterocycles. The van der Waals surface area contributed by atoms with Gasteiger partial charge in [0, 0.05) is 12.4 Å². The van der Waals surface area contributed by atoms with E-state index in [0.717, 1.165) is 0 Å². The number of rotatable bonds is 4. The summed E-state index contributed by atoms with van der Waals surface area (Å²) in [6.07, 6.45) is 3.50. The lowest BCUT2D eigenvalue weighted by Crippen LogP contribution is -2.14. The summed E-state index contributed by atoms with van der Waals surface area (Å²) in [4.78, 5) is 12.7. The highest BCUT2D eigenvalue weighted by Gasteiger charge is 2.25. The lowest BCUT2D eigenvalue weighted by atomic mass is 10.1. The van der Waals surface area contributed by atoms with Crippen LogP contribution >= 0.6 is 0 Å². The summed E-state index contributed by atoms with van der Waals surface area (Å²) in [7, 11) is 1.53. The molecule has 2 heterocycles. The van der Waals surface area contributed by atoms with E-state index in [1.54, 1.807) is 42.1 Å². The summed E-state index contributed by atoms with van der Waals surface area (Å²) in [5, 5.41) is 12.3. The fourth-order valence-corrected chi connectivity index (χ4v) is 2.49. The highest BCUT2D eigenvalue weighted by Crippen LogP contribution is 2.28. The summed E-state index contributed by atoms with van der Waals surface area (Å²) in [6, 6.07) is 12.8. The van der Waals surface area contributed by atoms with Crippen LogP contribution < -0.4 is 10.1 Å². The van der Waals surface area contributed by atoms with Crippen molar-refractivity contribution in [3.8, 4) is 17.7 Å². The number of carbonyl (C=O) groups is 1. The number of hydrogen-bond acceptors (Lipinski definition) is 4. The number of nitriles is 1. The van der Waals surface area contributed by atoms with Crippen molar-refractivity contribution in [3.05, 3.63) is 65.7 Å². The Morgan fingerprint density at radius 3 is 2.62 bits per heavy atom. The second-order valence-corrected chi connectivity index (χ2v) is 5.07. The summed E-state index contributed by atoms with van der Waals surface area (Å²) < 4.78 is 12.5. The molecule has 0 unspecified atom stereocenters. The Morgan fingerprint density at radius 1 is 1.25 bits per heavy atom. The van der Waals surface area contributed by atoms with Crippen LogP contribution in [-0.4, -0.2) is 17.6 Å². The molecule has 0 bridgehead atoms. The Morgan fingerprint density at radius 2 is 1.96 bits per heavy atom. The summed E-state index contributed by atoms with van der Waals surface area (Å²) in [5.41, 5.74) is 0.931. The van der Waals surface area contributed by atoms with Crippen LogP contribution in [0.25, 0.3) is 5.88 Å². The normalized spacial score (nSPS) is 10.2. The summed E-state index contributed by atoms with van der Waals surface area (Å²) in [6.45, 7) is 1.66. The molecular weight excluding hydrogens is 306 g/mol. The number of methoxy groups -OCH3 is 1. The van der Waals surface area contributed by atoms with Crippen molar-refractivity contribution >= 4 is 11.6 Å². The van der Waals surface area contributed by atoms with Crippen molar-refractivity contribution < 1.29 is 13.9 Å². The number of nitrogens with zero attached hydrogens (tertiary/aromatic N) is 2. The van der Waals surface area contributed by atoms with Crippen LogP contribution in [0, 0.1) is 18.3 Å². The van der Waals surface area contributed by atoms with Crippen molar-refractivity contribution in [1.82, 2.24) is 4.57 Å². The number of aryl methyl sites for hydroxylation is 1. The van der Waals surface area contributed by atoms with Gasteiger partial charge in [0.2, 0.25) is 5.88 Å². The van der Waals surface area contributed by atoms with Crippen LogP contribution in [0.3, 0.4) is 0 Å². The quantitative estimate of drug-likeness (QED) is 0.797. The van der Waals surface area contributed by atoms with Gasteiger partial charge in [-0.05, 0) is 31.2 Å². The number of furan rings is 1. The number of ether oxygens (including phenoxy) is 1. The largest absolute Gasteiger partial charge is 0.495 e. The smallest absolute Gasteiger partial charge is 0.260 e. The molecule has 0 radical (unpaired) electrons. The van der Waals surface area contributed by atoms with Crippen LogP contribution in [0.5, 0.6) is 5.75 Å². The van der Waals surface area contributed by atoms with E-state index in [2.05, 4.69) is 11.4 Å². The molecule has 3 rings (SSSR count). The average Bonchev–Trinajstić information content (AvgIpc) is 3.22. The third-order valence-corrected chi connectivity index (χ3v) is 3.60. The second-order valence-electron chi connectivity index (χ2n) is 5.07. The fraction of sp³-hybridized carbons (Fsp3) is 0.111. The third kappa shape index (κ3) is 2.63. The van der Waals surface area contributed by atoms with Crippen LogP contribution in [-0.2, 0) is 0 Å². The Kier molecular flexibility index (Phi) is 4.08. The zero-order valence-electron chi connectivity index (χ0n) is 13.2. The van der Waals surface area contributed by atoms with Crippen molar-refractivity contribution in [2.24, 2.45) is 0 Å². The number of nitrogens with one attached hydrogen (secondary N) is 1. The molecular formula is C18H15N3O3. The van der Waals surface area contributed by atoms with E-state index in [0.29, 0.717) is 23.1 Å². The zero-order chi connectivity index (χ0) is 17.1. The molecule has 120 valence electrons. The molecule has 6 nitrogen and oxygen atoms in total. The van der Waals surface area contributed by atoms with Gasteiger partial charge in [-0.2, -0.15) is 5.26 Å². The number of benzene rings is 1. The van der Waals surface area contributed by atoms with Gasteiger partial charge in [-0.3, -0.25) is 9.36 Å². The van der Waals surface area contributed by atoms with Crippen LogP contribution in [0.4, 0.5) is 5.69 Å². The fourth-order valence-electron chi connectivity index (χ4n) is 2.49. The first-order valence-electron chi connectivity index (χ1n) is 7.27. The van der Waals surface area contributed by atoms with Gasteiger partial charge >= 0.3 is 0 Å². The van der Waals surface area contributed by atoms with Gasteiger partial charge in [-0.1, -0.05) is 12.1 Å². The van der Waals surface area contributed by atoms with E-state index in [-0.39, 0.29) is 11.1 Å². The minimum absolute atomic E-state index is 0.191. The highest BCUT2D eigenvalue weighted by molar-refractivity contribution is 6.07. The first-order chi connectivity index (χ1) is 11.7. The van der Waals surface area contributed by atoms with E-state index in [4.69, 9.17) is 9.15 Å². The number of para-hydroxylation sites is 2. The van der Waals surface area contributed by atoms with Crippen molar-refractivity contribution in [1.29, 1.82) is 5.26 Å².